The number of nitrogens with zero attached hydrogens (tertiary/aromatic N) is 5. The average molecular weight is 429 g/mol. The van der Waals surface area contributed by atoms with Crippen molar-refractivity contribution in [3.05, 3.63) is 55.1 Å². The molecular weight excluding hydrogens is 414 g/mol. The van der Waals surface area contributed by atoms with Gasteiger partial charge in [0.1, 0.15) is 34.6 Å². The first kappa shape index (κ1) is 19.0. The molecule has 0 spiro atoms. The molecule has 0 aliphatic heterocycles. The fourth-order valence-corrected chi connectivity index (χ4v) is 4.44. The molecule has 0 saturated carbocycles. The quantitative estimate of drug-likeness (QED) is 0.480. The number of hydrogen-bond acceptors (Lipinski definition) is 8. The number of nitrogens with one attached hydrogen (secondary N) is 2. The Hall–Kier alpha value is -3.38. The maximum absolute atomic E-state index is 12.7. The van der Waals surface area contributed by atoms with Crippen molar-refractivity contribution in [3.63, 3.8) is 0 Å². The van der Waals surface area contributed by atoms with Crippen molar-refractivity contribution in [1.29, 1.82) is 0 Å². The van der Waals surface area contributed by atoms with E-state index in [0.717, 1.165) is 11.7 Å². The third kappa shape index (κ3) is 3.93. The van der Waals surface area contributed by atoms with Gasteiger partial charge in [0.25, 0.3) is 10.0 Å². The van der Waals surface area contributed by atoms with Crippen LogP contribution < -0.4 is 10.0 Å². The van der Waals surface area contributed by atoms with Crippen LogP contribution in [0.2, 0.25) is 0 Å². The number of anilines is 2. The first-order valence-corrected chi connectivity index (χ1v) is 10.6. The number of carbonyl (C=O) groups excluding carboxylic acids is 1. The molecule has 2 heterocycles. The van der Waals surface area contributed by atoms with E-state index in [1.165, 1.54) is 23.4 Å². The third-order valence-electron chi connectivity index (χ3n) is 4.16. The molecule has 4 aromatic rings. The van der Waals surface area contributed by atoms with Crippen LogP contribution in [-0.4, -0.2) is 37.8 Å². The average Bonchev–Trinajstić information content (AvgIpc) is 3.40. The Morgan fingerprint density at radius 2 is 1.86 bits per heavy atom. The Bertz CT molecular complexity index is 1250. The number of sulfonamides is 1. The van der Waals surface area contributed by atoms with Crippen LogP contribution in [0.4, 0.5) is 11.4 Å². The molecule has 1 amide bonds. The van der Waals surface area contributed by atoms with E-state index in [0.29, 0.717) is 22.4 Å². The van der Waals surface area contributed by atoms with Crippen molar-refractivity contribution in [2.24, 2.45) is 0 Å². The van der Waals surface area contributed by atoms with Crippen molar-refractivity contribution in [3.8, 4) is 0 Å². The Balaban J connectivity index is 1.48. The SMILES string of the molecule is CC(C(=O)Nc1ccc(NS(=O)(=O)c2cccc3nsnc23)cc1)n1cncn1. The highest BCUT2D eigenvalue weighted by Crippen LogP contribution is 2.24. The second-order valence-corrected chi connectivity index (χ2v) is 8.29. The molecule has 0 saturated heterocycles. The predicted octanol–water partition coefficient (Wildman–Crippen LogP) is 2.28. The summed E-state index contributed by atoms with van der Waals surface area (Å²) in [6, 6.07) is 10.6. The standard InChI is InChI=1S/C17H15N7O3S2/c1-11(24-10-18-9-19-24)17(25)20-12-5-7-13(8-6-12)23-29(26,27)15-4-2-3-14-16(15)22-28-21-14/h2-11,23H,1H3,(H,20,25). The van der Waals surface area contributed by atoms with Gasteiger partial charge >= 0.3 is 0 Å². The summed E-state index contributed by atoms with van der Waals surface area (Å²) in [6.45, 7) is 1.69. The summed E-state index contributed by atoms with van der Waals surface area (Å²) in [4.78, 5) is 16.2. The highest BCUT2D eigenvalue weighted by molar-refractivity contribution is 7.93. The van der Waals surface area contributed by atoms with Gasteiger partial charge in [-0.15, -0.1) is 0 Å². The highest BCUT2D eigenvalue weighted by Gasteiger charge is 2.20. The minimum atomic E-state index is -3.84. The fourth-order valence-electron chi connectivity index (χ4n) is 2.61. The number of carbonyl (C=O) groups is 1. The maximum atomic E-state index is 12.7. The van der Waals surface area contributed by atoms with Gasteiger partial charge < -0.3 is 5.32 Å². The van der Waals surface area contributed by atoms with Crippen molar-refractivity contribution in [2.75, 3.05) is 10.0 Å². The van der Waals surface area contributed by atoms with Crippen molar-refractivity contribution in [1.82, 2.24) is 23.5 Å². The minimum absolute atomic E-state index is 0.0581. The van der Waals surface area contributed by atoms with Crippen molar-refractivity contribution >= 4 is 50.1 Å². The lowest BCUT2D eigenvalue weighted by Gasteiger charge is -2.13. The maximum Gasteiger partial charge on any atom is 0.264 e. The van der Waals surface area contributed by atoms with Crippen LogP contribution in [-0.2, 0) is 14.8 Å². The zero-order valence-corrected chi connectivity index (χ0v) is 16.7. The summed E-state index contributed by atoms with van der Waals surface area (Å²) in [6.07, 6.45) is 2.81. The van der Waals surface area contributed by atoms with Gasteiger partial charge in [0, 0.05) is 11.4 Å². The van der Waals surface area contributed by atoms with Crippen LogP contribution in [0.1, 0.15) is 13.0 Å². The molecule has 1 atom stereocenters. The van der Waals surface area contributed by atoms with E-state index in [4.69, 9.17) is 0 Å². The zero-order chi connectivity index (χ0) is 20.4. The van der Waals surface area contributed by atoms with Gasteiger partial charge in [-0.25, -0.2) is 18.1 Å². The van der Waals surface area contributed by atoms with Crippen LogP contribution in [0, 0.1) is 0 Å². The van der Waals surface area contributed by atoms with E-state index in [1.54, 1.807) is 43.3 Å². The van der Waals surface area contributed by atoms with Crippen LogP contribution in [0.3, 0.4) is 0 Å². The second kappa shape index (κ2) is 7.56. The summed E-state index contributed by atoms with van der Waals surface area (Å²) >= 11 is 0.956. The molecular formula is C17H15N7O3S2. The van der Waals surface area contributed by atoms with Gasteiger partial charge in [0.15, 0.2) is 0 Å². The van der Waals surface area contributed by atoms with Crippen LogP contribution in [0.5, 0.6) is 0 Å². The first-order valence-electron chi connectivity index (χ1n) is 8.43. The van der Waals surface area contributed by atoms with Crippen molar-refractivity contribution in [2.45, 2.75) is 17.9 Å². The van der Waals surface area contributed by atoms with Crippen LogP contribution >= 0.6 is 11.7 Å². The molecule has 29 heavy (non-hydrogen) atoms. The van der Waals surface area contributed by atoms with E-state index >= 15 is 0 Å². The lowest BCUT2D eigenvalue weighted by atomic mass is 10.2. The highest BCUT2D eigenvalue weighted by atomic mass is 32.2. The monoisotopic (exact) mass is 429 g/mol. The van der Waals surface area contributed by atoms with E-state index in [2.05, 4.69) is 28.9 Å². The van der Waals surface area contributed by atoms with Crippen molar-refractivity contribution < 1.29 is 13.2 Å². The Morgan fingerprint density at radius 1 is 1.10 bits per heavy atom. The number of aromatic nitrogens is 5. The third-order valence-corrected chi connectivity index (χ3v) is 6.11. The summed E-state index contributed by atoms with van der Waals surface area (Å²) in [5.41, 5.74) is 1.73. The molecule has 0 aliphatic carbocycles. The molecule has 148 valence electrons. The van der Waals surface area contributed by atoms with E-state index in [1.807, 2.05) is 0 Å². The predicted molar refractivity (Wildman–Crippen MR) is 108 cm³/mol. The lowest BCUT2D eigenvalue weighted by molar-refractivity contribution is -0.119. The topological polar surface area (TPSA) is 132 Å². The number of benzene rings is 2. The molecule has 0 aliphatic rings. The lowest BCUT2D eigenvalue weighted by Crippen LogP contribution is -2.24. The molecule has 10 nitrogen and oxygen atoms in total. The van der Waals surface area contributed by atoms with E-state index < -0.39 is 16.1 Å². The van der Waals surface area contributed by atoms with Gasteiger partial charge in [0.2, 0.25) is 5.91 Å². The van der Waals surface area contributed by atoms with Gasteiger partial charge in [-0.1, -0.05) is 6.07 Å². The van der Waals surface area contributed by atoms with E-state index in [-0.39, 0.29) is 10.8 Å². The smallest absolute Gasteiger partial charge is 0.264 e. The van der Waals surface area contributed by atoms with Gasteiger partial charge in [-0.05, 0) is 43.3 Å². The Morgan fingerprint density at radius 3 is 2.59 bits per heavy atom. The largest absolute Gasteiger partial charge is 0.324 e. The normalized spacial score (nSPS) is 12.6. The summed E-state index contributed by atoms with van der Waals surface area (Å²) in [5, 5.41) is 6.69. The molecule has 0 fully saturated rings. The number of hydrogen-bond donors (Lipinski definition) is 2. The number of fused-ring (bicyclic) bond motifs is 1. The Kier molecular flexibility index (Phi) is 4.94. The summed E-state index contributed by atoms with van der Waals surface area (Å²) < 4.78 is 37.5. The molecule has 12 heteroatoms. The van der Waals surface area contributed by atoms with Crippen LogP contribution in [0.15, 0.2) is 60.0 Å². The first-order chi connectivity index (χ1) is 13.9. The molecule has 0 bridgehead atoms. The van der Waals surface area contributed by atoms with E-state index in [9.17, 15) is 13.2 Å². The zero-order valence-electron chi connectivity index (χ0n) is 15.1. The molecule has 0 radical (unpaired) electrons. The summed E-state index contributed by atoms with van der Waals surface area (Å²) in [5.74, 6) is -0.272. The number of rotatable bonds is 6. The second-order valence-electron chi connectivity index (χ2n) is 6.11. The number of amides is 1. The molecule has 4 rings (SSSR count). The molecule has 2 aromatic carbocycles. The molecule has 2 N–H and O–H groups in total. The fraction of sp³-hybridized carbons (Fsp3) is 0.118. The van der Waals surface area contributed by atoms with Gasteiger partial charge in [-0.2, -0.15) is 13.8 Å². The minimum Gasteiger partial charge on any atom is -0.324 e. The Labute approximate surface area is 170 Å². The van der Waals surface area contributed by atoms with Gasteiger partial charge in [-0.3, -0.25) is 9.52 Å². The van der Waals surface area contributed by atoms with Crippen LogP contribution in [0.25, 0.3) is 11.0 Å². The van der Waals surface area contributed by atoms with Gasteiger partial charge in [0.05, 0.1) is 11.7 Å². The molecule has 2 aromatic heterocycles. The molecule has 1 unspecified atom stereocenters. The summed E-state index contributed by atoms with van der Waals surface area (Å²) in [7, 11) is -3.84.